The van der Waals surface area contributed by atoms with Gasteiger partial charge in [0.1, 0.15) is 0 Å². The molecule has 0 aliphatic heterocycles. The van der Waals surface area contributed by atoms with Crippen molar-refractivity contribution >= 4 is 0 Å². The largest absolute Gasteiger partial charge is 0.347 e. The zero-order valence-corrected chi connectivity index (χ0v) is 7.09. The van der Waals surface area contributed by atoms with E-state index in [0.29, 0.717) is 6.04 Å². The fraction of sp³-hybridized carbons (Fsp3) is 0.625. The number of hydrogen-bond acceptors (Lipinski definition) is 2. The Labute approximate surface area is 67.2 Å². The molecule has 1 rings (SSSR count). The average molecular weight is 153 g/mol. The van der Waals surface area contributed by atoms with E-state index >= 15 is 0 Å². The Morgan fingerprint density at radius 1 is 1.73 bits per heavy atom. The molecule has 1 aromatic heterocycles. The van der Waals surface area contributed by atoms with E-state index in [4.69, 9.17) is 0 Å². The van der Waals surface area contributed by atoms with Gasteiger partial charge in [-0.15, -0.1) is 0 Å². The normalized spacial score (nSPS) is 13.3. The van der Waals surface area contributed by atoms with Gasteiger partial charge in [0.05, 0.1) is 6.33 Å². The van der Waals surface area contributed by atoms with E-state index in [1.165, 1.54) is 0 Å². The van der Waals surface area contributed by atoms with Gasteiger partial charge in [-0.3, -0.25) is 0 Å². The lowest BCUT2D eigenvalue weighted by Gasteiger charge is -2.08. The lowest BCUT2D eigenvalue weighted by molar-refractivity contribution is 0.530. The van der Waals surface area contributed by atoms with Gasteiger partial charge in [0, 0.05) is 24.5 Å². The minimum absolute atomic E-state index is 0.582. The highest BCUT2D eigenvalue weighted by atomic mass is 14.9. The number of hydrogen-bond donors (Lipinski definition) is 2. The molecule has 0 fully saturated rings. The third kappa shape index (κ3) is 2.72. The summed E-state index contributed by atoms with van der Waals surface area (Å²) in [5, 5.41) is 3.36. The molecule has 0 saturated heterocycles. The number of H-pyrrole nitrogens is 1. The monoisotopic (exact) mass is 153 g/mol. The van der Waals surface area contributed by atoms with Crippen LogP contribution in [-0.4, -0.2) is 16.0 Å². The van der Waals surface area contributed by atoms with E-state index in [0.717, 1.165) is 18.7 Å². The van der Waals surface area contributed by atoms with E-state index < -0.39 is 0 Å². The summed E-state index contributed by atoms with van der Waals surface area (Å²) in [5.41, 5.74) is 1.14. The lowest BCUT2D eigenvalue weighted by Crippen LogP contribution is -2.24. The van der Waals surface area contributed by atoms with Crippen LogP contribution in [0.5, 0.6) is 0 Å². The van der Waals surface area contributed by atoms with Crippen LogP contribution in [0.25, 0.3) is 0 Å². The SMILES string of the molecule is CCC(C)NCc1cnc[nH]1. The van der Waals surface area contributed by atoms with Crippen LogP contribution in [0, 0.1) is 0 Å². The number of nitrogens with zero attached hydrogens (tertiary/aromatic N) is 1. The first-order valence-corrected chi connectivity index (χ1v) is 4.03. The van der Waals surface area contributed by atoms with Crippen LogP contribution < -0.4 is 5.32 Å². The van der Waals surface area contributed by atoms with E-state index in [9.17, 15) is 0 Å². The Morgan fingerprint density at radius 2 is 2.55 bits per heavy atom. The third-order valence-electron chi connectivity index (χ3n) is 1.81. The topological polar surface area (TPSA) is 40.7 Å². The van der Waals surface area contributed by atoms with Crippen molar-refractivity contribution in [1.82, 2.24) is 15.3 Å². The molecule has 2 N–H and O–H groups in total. The molecule has 0 aliphatic rings. The predicted molar refractivity (Wildman–Crippen MR) is 45.2 cm³/mol. The fourth-order valence-corrected chi connectivity index (χ4v) is 0.810. The molecule has 0 aliphatic carbocycles. The molecular formula is C8H15N3. The Hall–Kier alpha value is -0.830. The predicted octanol–water partition coefficient (Wildman–Crippen LogP) is 1.30. The zero-order valence-electron chi connectivity index (χ0n) is 7.09. The van der Waals surface area contributed by atoms with Gasteiger partial charge in [-0.2, -0.15) is 0 Å². The Kier molecular flexibility index (Phi) is 3.11. The maximum absolute atomic E-state index is 3.93. The van der Waals surface area contributed by atoms with E-state index in [1.54, 1.807) is 6.33 Å². The molecule has 1 unspecified atom stereocenters. The first-order chi connectivity index (χ1) is 5.33. The van der Waals surface area contributed by atoms with Crippen LogP contribution in [0.15, 0.2) is 12.5 Å². The van der Waals surface area contributed by atoms with Gasteiger partial charge in [-0.05, 0) is 13.3 Å². The molecule has 0 bridgehead atoms. The van der Waals surface area contributed by atoms with E-state index in [-0.39, 0.29) is 0 Å². The van der Waals surface area contributed by atoms with Crippen molar-refractivity contribution in [3.63, 3.8) is 0 Å². The first kappa shape index (κ1) is 8.27. The maximum Gasteiger partial charge on any atom is 0.0922 e. The van der Waals surface area contributed by atoms with Crippen molar-refractivity contribution in [3.8, 4) is 0 Å². The maximum atomic E-state index is 3.93. The second-order valence-corrected chi connectivity index (χ2v) is 2.77. The summed E-state index contributed by atoms with van der Waals surface area (Å²) in [6.45, 7) is 5.23. The summed E-state index contributed by atoms with van der Waals surface area (Å²) in [6.07, 6.45) is 4.71. The molecule has 0 saturated carbocycles. The highest BCUT2D eigenvalue weighted by molar-refractivity contribution is 4.93. The summed E-state index contributed by atoms with van der Waals surface area (Å²) >= 11 is 0. The second kappa shape index (κ2) is 4.13. The smallest absolute Gasteiger partial charge is 0.0922 e. The molecule has 11 heavy (non-hydrogen) atoms. The number of aromatic amines is 1. The van der Waals surface area contributed by atoms with Gasteiger partial charge in [0.2, 0.25) is 0 Å². The quantitative estimate of drug-likeness (QED) is 0.684. The highest BCUT2D eigenvalue weighted by Gasteiger charge is 1.97. The molecule has 1 aromatic rings. The summed E-state index contributed by atoms with van der Waals surface area (Å²) in [7, 11) is 0. The van der Waals surface area contributed by atoms with Gasteiger partial charge < -0.3 is 10.3 Å². The third-order valence-corrected chi connectivity index (χ3v) is 1.81. The van der Waals surface area contributed by atoms with Crippen LogP contribution in [0.1, 0.15) is 26.0 Å². The molecule has 0 radical (unpaired) electrons. The molecule has 0 amide bonds. The molecule has 3 nitrogen and oxygen atoms in total. The van der Waals surface area contributed by atoms with Crippen molar-refractivity contribution in [3.05, 3.63) is 18.2 Å². The minimum Gasteiger partial charge on any atom is -0.347 e. The summed E-state index contributed by atoms with van der Waals surface area (Å²) in [4.78, 5) is 6.97. The van der Waals surface area contributed by atoms with Crippen LogP contribution in [0.2, 0.25) is 0 Å². The van der Waals surface area contributed by atoms with Gasteiger partial charge >= 0.3 is 0 Å². The van der Waals surface area contributed by atoms with Crippen molar-refractivity contribution in [2.45, 2.75) is 32.9 Å². The van der Waals surface area contributed by atoms with Gasteiger partial charge in [-0.25, -0.2) is 4.98 Å². The van der Waals surface area contributed by atoms with Crippen molar-refractivity contribution < 1.29 is 0 Å². The number of aromatic nitrogens is 2. The molecule has 0 spiro atoms. The van der Waals surface area contributed by atoms with Crippen LogP contribution in [0.3, 0.4) is 0 Å². The molecule has 1 atom stereocenters. The van der Waals surface area contributed by atoms with Crippen molar-refractivity contribution in [2.75, 3.05) is 0 Å². The van der Waals surface area contributed by atoms with Crippen LogP contribution >= 0.6 is 0 Å². The van der Waals surface area contributed by atoms with Gasteiger partial charge in [0.25, 0.3) is 0 Å². The Balaban J connectivity index is 2.23. The zero-order chi connectivity index (χ0) is 8.10. The van der Waals surface area contributed by atoms with Gasteiger partial charge in [-0.1, -0.05) is 6.92 Å². The highest BCUT2D eigenvalue weighted by Crippen LogP contribution is 1.93. The van der Waals surface area contributed by atoms with Crippen molar-refractivity contribution in [1.29, 1.82) is 0 Å². The summed E-state index contributed by atoms with van der Waals surface area (Å²) in [6, 6.07) is 0.582. The Morgan fingerprint density at radius 3 is 3.09 bits per heavy atom. The van der Waals surface area contributed by atoms with Crippen LogP contribution in [-0.2, 0) is 6.54 Å². The first-order valence-electron chi connectivity index (χ1n) is 4.03. The molecule has 0 aromatic carbocycles. The average Bonchev–Trinajstić information content (AvgIpc) is 2.52. The molecule has 3 heteroatoms. The molecule has 62 valence electrons. The van der Waals surface area contributed by atoms with E-state index in [1.807, 2.05) is 6.20 Å². The van der Waals surface area contributed by atoms with Crippen molar-refractivity contribution in [2.24, 2.45) is 0 Å². The van der Waals surface area contributed by atoms with E-state index in [2.05, 4.69) is 29.1 Å². The molecular weight excluding hydrogens is 138 g/mol. The Bertz CT molecular complexity index is 181. The minimum atomic E-state index is 0.582. The molecule has 1 heterocycles. The second-order valence-electron chi connectivity index (χ2n) is 2.77. The number of rotatable bonds is 4. The summed E-state index contributed by atoms with van der Waals surface area (Å²) < 4.78 is 0. The number of nitrogens with one attached hydrogen (secondary N) is 2. The number of imidazole rings is 1. The lowest BCUT2D eigenvalue weighted by atomic mass is 10.2. The fourth-order valence-electron chi connectivity index (χ4n) is 0.810. The van der Waals surface area contributed by atoms with Gasteiger partial charge in [0.15, 0.2) is 0 Å². The summed E-state index contributed by atoms with van der Waals surface area (Å²) in [5.74, 6) is 0. The van der Waals surface area contributed by atoms with Crippen LogP contribution in [0.4, 0.5) is 0 Å². The standard InChI is InChI=1S/C8H15N3/c1-3-7(2)10-5-8-4-9-6-11-8/h4,6-7,10H,3,5H2,1-2H3,(H,9,11).